The van der Waals surface area contributed by atoms with Crippen LogP contribution in [0, 0.1) is 12.8 Å². The van der Waals surface area contributed by atoms with Crippen LogP contribution in [-0.4, -0.2) is 21.2 Å². The molecule has 0 atom stereocenters. The monoisotopic (exact) mass is 426 g/mol. The van der Waals surface area contributed by atoms with Crippen LogP contribution in [0.25, 0.3) is 10.4 Å². The highest BCUT2D eigenvalue weighted by molar-refractivity contribution is 7.17. The summed E-state index contributed by atoms with van der Waals surface area (Å²) in [5.41, 5.74) is 9.29. The largest absolute Gasteiger partial charge is 0.444 e. The number of aromatic nitrogens is 2. The van der Waals surface area contributed by atoms with E-state index in [-0.39, 0.29) is 11.8 Å². The van der Waals surface area contributed by atoms with Gasteiger partial charge in [-0.25, -0.2) is 9.36 Å². The minimum absolute atomic E-state index is 0.0155. The molecular weight excluding hydrogens is 408 g/mol. The van der Waals surface area contributed by atoms with E-state index in [0.717, 1.165) is 47.3 Å². The maximum absolute atomic E-state index is 12.0. The van der Waals surface area contributed by atoms with Crippen LogP contribution in [0.3, 0.4) is 0 Å². The molecule has 0 aliphatic heterocycles. The highest BCUT2D eigenvalue weighted by Gasteiger charge is 2.31. The average Bonchev–Trinajstić information content (AvgIpc) is 3.32. The number of hydrogen-bond acceptors (Lipinski definition) is 7. The summed E-state index contributed by atoms with van der Waals surface area (Å²) in [5.74, 6) is 0.781. The molecule has 0 radical (unpaired) electrons. The van der Waals surface area contributed by atoms with Crippen LogP contribution in [0.2, 0.25) is 0 Å². The fourth-order valence-corrected chi connectivity index (χ4v) is 5.49. The zero-order valence-electron chi connectivity index (χ0n) is 15.7. The number of pyridine rings is 1. The van der Waals surface area contributed by atoms with Crippen LogP contribution in [-0.2, 0) is 17.6 Å². The van der Waals surface area contributed by atoms with Gasteiger partial charge in [0, 0.05) is 12.1 Å². The van der Waals surface area contributed by atoms with Gasteiger partial charge < -0.3 is 15.8 Å². The van der Waals surface area contributed by atoms with E-state index < -0.39 is 5.91 Å². The molecule has 5 rings (SSSR count). The Hall–Kier alpha value is -2.78. The molecule has 3 heterocycles. The van der Waals surface area contributed by atoms with E-state index in [9.17, 15) is 9.59 Å². The molecule has 0 aromatic carbocycles. The van der Waals surface area contributed by atoms with E-state index >= 15 is 0 Å². The van der Waals surface area contributed by atoms with Gasteiger partial charge >= 0.3 is 0 Å². The number of fused-ring (bicyclic) bond motifs is 3. The molecular formula is C20H18N4O3S2. The summed E-state index contributed by atoms with van der Waals surface area (Å²) in [6, 6.07) is 3.52. The van der Waals surface area contributed by atoms with Crippen molar-refractivity contribution in [2.24, 2.45) is 11.7 Å². The number of primary amides is 1. The van der Waals surface area contributed by atoms with Crippen LogP contribution >= 0.6 is 22.9 Å². The number of amides is 2. The molecule has 2 aliphatic rings. The average molecular weight is 427 g/mol. The van der Waals surface area contributed by atoms with Crippen LogP contribution in [0.15, 0.2) is 18.3 Å². The number of aryl methyl sites for hydroxylation is 2. The molecule has 3 N–H and O–H groups in total. The highest BCUT2D eigenvalue weighted by Crippen LogP contribution is 2.50. The number of carbonyl (C=O) groups excluding carboxylic acids is 2. The Labute approximate surface area is 175 Å². The third-order valence-electron chi connectivity index (χ3n) is 5.15. The molecule has 3 aromatic heterocycles. The molecule has 0 saturated heterocycles. The van der Waals surface area contributed by atoms with Gasteiger partial charge in [0.2, 0.25) is 5.91 Å². The van der Waals surface area contributed by atoms with E-state index in [1.54, 1.807) is 12.1 Å². The van der Waals surface area contributed by atoms with Crippen LogP contribution in [0.5, 0.6) is 10.8 Å². The number of carbonyl (C=O) groups is 2. The van der Waals surface area contributed by atoms with Gasteiger partial charge in [-0.1, -0.05) is 11.3 Å². The molecule has 2 amide bonds. The molecule has 1 saturated carbocycles. The van der Waals surface area contributed by atoms with E-state index in [1.807, 2.05) is 13.1 Å². The smallest absolute Gasteiger partial charge is 0.259 e. The second-order valence-electron chi connectivity index (χ2n) is 7.26. The Morgan fingerprint density at radius 2 is 2.10 bits per heavy atom. The number of nitrogens with zero attached hydrogens (tertiary/aromatic N) is 2. The first-order valence-electron chi connectivity index (χ1n) is 9.37. The van der Waals surface area contributed by atoms with E-state index in [4.69, 9.17) is 10.5 Å². The van der Waals surface area contributed by atoms with Gasteiger partial charge in [-0.2, -0.15) is 0 Å². The summed E-state index contributed by atoms with van der Waals surface area (Å²) in [7, 11) is 0. The van der Waals surface area contributed by atoms with Crippen LogP contribution < -0.4 is 15.8 Å². The van der Waals surface area contributed by atoms with Crippen molar-refractivity contribution in [1.82, 2.24) is 9.36 Å². The first-order chi connectivity index (χ1) is 14.0. The van der Waals surface area contributed by atoms with Gasteiger partial charge in [0.15, 0.2) is 5.06 Å². The molecule has 3 aromatic rings. The second kappa shape index (κ2) is 6.93. The van der Waals surface area contributed by atoms with Crippen molar-refractivity contribution in [1.29, 1.82) is 0 Å². The predicted octanol–water partition coefficient (Wildman–Crippen LogP) is 3.91. The Morgan fingerprint density at radius 3 is 2.83 bits per heavy atom. The molecule has 2 aliphatic carbocycles. The number of nitrogens with two attached hydrogens (primary N) is 1. The fraction of sp³-hybridized carbons (Fsp3) is 0.300. The molecule has 0 spiro atoms. The van der Waals surface area contributed by atoms with Gasteiger partial charge in [-0.15, -0.1) is 0 Å². The van der Waals surface area contributed by atoms with Crippen molar-refractivity contribution >= 4 is 40.5 Å². The lowest BCUT2D eigenvalue weighted by atomic mass is 9.93. The summed E-state index contributed by atoms with van der Waals surface area (Å²) in [5, 5.41) is 3.47. The Balaban J connectivity index is 1.48. The summed E-state index contributed by atoms with van der Waals surface area (Å²) in [4.78, 5) is 29.9. The number of nitrogens with one attached hydrogen (secondary N) is 1. The van der Waals surface area contributed by atoms with E-state index in [1.165, 1.54) is 22.9 Å². The van der Waals surface area contributed by atoms with E-state index in [2.05, 4.69) is 14.7 Å². The lowest BCUT2D eigenvalue weighted by Crippen LogP contribution is -2.14. The maximum Gasteiger partial charge on any atom is 0.259 e. The molecule has 9 heteroatoms. The molecule has 0 bridgehead atoms. The van der Waals surface area contributed by atoms with Crippen molar-refractivity contribution in [3.63, 3.8) is 0 Å². The predicted molar refractivity (Wildman–Crippen MR) is 112 cm³/mol. The van der Waals surface area contributed by atoms with Crippen molar-refractivity contribution in [2.75, 3.05) is 5.32 Å². The molecule has 1 fully saturated rings. The Kier molecular flexibility index (Phi) is 4.36. The lowest BCUT2D eigenvalue weighted by molar-refractivity contribution is -0.117. The van der Waals surface area contributed by atoms with Crippen molar-refractivity contribution in [3.05, 3.63) is 40.0 Å². The summed E-state index contributed by atoms with van der Waals surface area (Å²) in [6.45, 7) is 1.83. The zero-order chi connectivity index (χ0) is 20.1. The molecule has 7 nitrogen and oxygen atoms in total. The van der Waals surface area contributed by atoms with Crippen molar-refractivity contribution < 1.29 is 14.3 Å². The molecule has 148 valence electrons. The summed E-state index contributed by atoms with van der Waals surface area (Å²) < 4.78 is 10.5. The summed E-state index contributed by atoms with van der Waals surface area (Å²) >= 11 is 2.67. The van der Waals surface area contributed by atoms with Gasteiger partial charge in [0.05, 0.1) is 21.0 Å². The van der Waals surface area contributed by atoms with Gasteiger partial charge in [-0.05, 0) is 67.4 Å². The highest BCUT2D eigenvalue weighted by atomic mass is 32.1. The first kappa shape index (κ1) is 18.3. The van der Waals surface area contributed by atoms with Crippen LogP contribution in [0.4, 0.5) is 5.82 Å². The third-order valence-corrected chi connectivity index (χ3v) is 7.14. The number of hydrogen-bond donors (Lipinski definition) is 2. The van der Waals surface area contributed by atoms with Crippen molar-refractivity contribution in [3.8, 4) is 21.3 Å². The van der Waals surface area contributed by atoms with E-state index in [0.29, 0.717) is 27.2 Å². The number of rotatable bonds is 5. The standard InChI is InChI=1S/C20H18N4O3S2/c1-9-13(6-7-14(23-9)24-19(26)10-2-3-10)27-20-15-12(17(28-20)18(21)25)5-4-11-8-22-29-16(11)15/h6-8,10H,2-5H2,1H3,(H2,21,25)(H,23,24,26). The Bertz CT molecular complexity index is 1150. The Morgan fingerprint density at radius 1 is 1.28 bits per heavy atom. The SMILES string of the molecule is Cc1nc(NC(=O)C2CC2)ccc1Oc1sc(C(N)=O)c2c1-c1sncc1CC2. The second-order valence-corrected chi connectivity index (χ2v) is 9.05. The maximum atomic E-state index is 12.0. The molecule has 29 heavy (non-hydrogen) atoms. The van der Waals surface area contributed by atoms with Crippen molar-refractivity contribution in [2.45, 2.75) is 32.6 Å². The van der Waals surface area contributed by atoms with Gasteiger partial charge in [-0.3, -0.25) is 9.59 Å². The number of ether oxygens (including phenoxy) is 1. The summed E-state index contributed by atoms with van der Waals surface area (Å²) in [6.07, 6.45) is 5.33. The minimum atomic E-state index is -0.443. The third kappa shape index (κ3) is 3.30. The van der Waals surface area contributed by atoms with Gasteiger partial charge in [0.1, 0.15) is 11.6 Å². The minimum Gasteiger partial charge on any atom is -0.444 e. The number of thiophene rings is 1. The first-order valence-corrected chi connectivity index (χ1v) is 11.0. The fourth-order valence-electron chi connectivity index (χ4n) is 3.48. The van der Waals surface area contributed by atoms with Gasteiger partial charge in [0.25, 0.3) is 5.91 Å². The lowest BCUT2D eigenvalue weighted by Gasteiger charge is -2.14. The quantitative estimate of drug-likeness (QED) is 0.643. The zero-order valence-corrected chi connectivity index (χ0v) is 17.3. The topological polar surface area (TPSA) is 107 Å². The number of anilines is 1. The normalized spacial score (nSPS) is 14.8. The molecule has 0 unspecified atom stereocenters. The van der Waals surface area contributed by atoms with Crippen LogP contribution in [0.1, 0.15) is 39.3 Å².